The number of carbonyl (C=O) groups is 1. The van der Waals surface area contributed by atoms with Gasteiger partial charge in [0.15, 0.2) is 12.6 Å². The standard InChI is InChI=1S/C41H66O13/c1-20(2)25(43)10-8-21(3)22-13-17-41(37(49)50)24-9-11-28-38(4,5)29(14-15-39(28,6)23(24)12-16-40(22,41)7)53-36-34(30(45)26(44)19-51-36)54-35-33(48)32(47)31(46)27(18-42)52-35/h21-22,25-36,42-48H,1,8-19H2,2-7H3,(H,49,50)/t21-,22?,25+,26+,27?,28?,29+,30?,31+,32?,33?,34?,35+,36+,39-,40-,41?/m1/s1. The van der Waals surface area contributed by atoms with E-state index in [1.807, 2.05) is 6.92 Å². The maximum Gasteiger partial charge on any atom is 0.314 e. The molecule has 0 aromatic rings. The summed E-state index contributed by atoms with van der Waals surface area (Å²) in [5.41, 5.74) is 1.17. The number of carboxylic acids is 1. The second-order valence-electron chi connectivity index (χ2n) is 18.7. The van der Waals surface area contributed by atoms with Crippen LogP contribution in [0.3, 0.4) is 0 Å². The molecule has 0 aromatic carbocycles. The number of fused-ring (bicyclic) bond motifs is 4. The summed E-state index contributed by atoms with van der Waals surface area (Å²) in [6.45, 7) is 15.9. The summed E-state index contributed by atoms with van der Waals surface area (Å²) in [6, 6.07) is 0. The molecule has 54 heavy (non-hydrogen) atoms. The predicted octanol–water partition coefficient (Wildman–Crippen LogP) is 2.80. The van der Waals surface area contributed by atoms with Gasteiger partial charge in [-0.15, -0.1) is 0 Å². The first-order chi connectivity index (χ1) is 25.3. The molecule has 308 valence electrons. The Labute approximate surface area is 319 Å². The van der Waals surface area contributed by atoms with E-state index in [9.17, 15) is 45.6 Å². The monoisotopic (exact) mass is 766 g/mol. The van der Waals surface area contributed by atoms with Crippen molar-refractivity contribution in [3.63, 3.8) is 0 Å². The molecule has 2 aliphatic heterocycles. The lowest BCUT2D eigenvalue weighted by molar-refractivity contribution is -0.365. The largest absolute Gasteiger partial charge is 0.481 e. The summed E-state index contributed by atoms with van der Waals surface area (Å²) >= 11 is 0. The maximum atomic E-state index is 13.7. The average molecular weight is 767 g/mol. The van der Waals surface area contributed by atoms with E-state index in [4.69, 9.17) is 18.9 Å². The van der Waals surface area contributed by atoms with E-state index in [1.165, 1.54) is 5.57 Å². The number of aliphatic hydroxyl groups excluding tert-OH is 7. The number of rotatable bonds is 11. The molecule has 0 spiro atoms. The second-order valence-corrected chi connectivity index (χ2v) is 18.7. The van der Waals surface area contributed by atoms with Crippen LogP contribution < -0.4 is 0 Å². The minimum atomic E-state index is -1.72. The second kappa shape index (κ2) is 15.4. The van der Waals surface area contributed by atoms with E-state index in [1.54, 1.807) is 0 Å². The van der Waals surface area contributed by atoms with E-state index < -0.39 is 90.2 Å². The summed E-state index contributed by atoms with van der Waals surface area (Å²) in [5.74, 6) is -0.0798. The van der Waals surface area contributed by atoms with Gasteiger partial charge in [0.25, 0.3) is 0 Å². The van der Waals surface area contributed by atoms with Gasteiger partial charge in [-0.25, -0.2) is 0 Å². The highest BCUT2D eigenvalue weighted by atomic mass is 16.8. The fourth-order valence-electron chi connectivity index (χ4n) is 12.4. The Kier molecular flexibility index (Phi) is 12.0. The lowest BCUT2D eigenvalue weighted by Gasteiger charge is -2.62. The van der Waals surface area contributed by atoms with Gasteiger partial charge < -0.3 is 59.8 Å². The Bertz CT molecular complexity index is 1430. The number of ether oxygens (including phenoxy) is 4. The molecule has 4 fully saturated rings. The van der Waals surface area contributed by atoms with E-state index in [-0.39, 0.29) is 35.9 Å². The molecule has 0 aromatic heterocycles. The minimum absolute atomic E-state index is 0.140. The molecule has 8 N–H and O–H groups in total. The van der Waals surface area contributed by atoms with E-state index in [0.29, 0.717) is 25.7 Å². The first-order valence-electron chi connectivity index (χ1n) is 20.1. The van der Waals surface area contributed by atoms with Crippen LogP contribution in [0.25, 0.3) is 0 Å². The summed E-state index contributed by atoms with van der Waals surface area (Å²) in [7, 11) is 0. The average Bonchev–Trinajstić information content (AvgIpc) is 3.45. The number of aliphatic hydroxyl groups is 7. The van der Waals surface area contributed by atoms with Gasteiger partial charge in [0.2, 0.25) is 0 Å². The van der Waals surface area contributed by atoms with Crippen molar-refractivity contribution in [1.29, 1.82) is 0 Å². The Morgan fingerprint density at radius 1 is 0.889 bits per heavy atom. The van der Waals surface area contributed by atoms with Gasteiger partial charge in [0.05, 0.1) is 30.8 Å². The van der Waals surface area contributed by atoms with Crippen molar-refractivity contribution in [3.8, 4) is 0 Å². The van der Waals surface area contributed by atoms with Gasteiger partial charge in [-0.3, -0.25) is 4.79 Å². The van der Waals surface area contributed by atoms with Crippen molar-refractivity contribution in [2.45, 2.75) is 173 Å². The number of hydrogen-bond acceptors (Lipinski definition) is 12. The quantitative estimate of drug-likeness (QED) is 0.142. The van der Waals surface area contributed by atoms with Gasteiger partial charge in [-0.05, 0) is 105 Å². The Balaban J connectivity index is 1.23. The molecule has 17 atom stereocenters. The van der Waals surface area contributed by atoms with Crippen molar-refractivity contribution >= 4 is 5.97 Å². The molecule has 0 amide bonds. The molecule has 13 heteroatoms. The van der Waals surface area contributed by atoms with Crippen LogP contribution in [0.4, 0.5) is 0 Å². The van der Waals surface area contributed by atoms with Gasteiger partial charge in [-0.2, -0.15) is 0 Å². The highest BCUT2D eigenvalue weighted by Gasteiger charge is 2.68. The zero-order valence-corrected chi connectivity index (χ0v) is 32.9. The van der Waals surface area contributed by atoms with Crippen LogP contribution >= 0.6 is 0 Å². The maximum absolute atomic E-state index is 13.7. The molecule has 0 bridgehead atoms. The first kappa shape index (κ1) is 42.1. The molecular formula is C41H66O13. The highest BCUT2D eigenvalue weighted by molar-refractivity contribution is 5.82. The van der Waals surface area contributed by atoms with Crippen molar-refractivity contribution in [2.75, 3.05) is 13.2 Å². The molecule has 6 rings (SSSR count). The van der Waals surface area contributed by atoms with Crippen LogP contribution in [0.2, 0.25) is 0 Å². The van der Waals surface area contributed by atoms with Crippen LogP contribution in [0, 0.1) is 39.4 Å². The molecule has 13 nitrogen and oxygen atoms in total. The Hall–Kier alpha value is -1.49. The molecule has 4 aliphatic carbocycles. The predicted molar refractivity (Wildman–Crippen MR) is 195 cm³/mol. The number of allylic oxidation sites excluding steroid dienone is 1. The normalized spacial score (nSPS) is 47.3. The smallest absolute Gasteiger partial charge is 0.314 e. The fourth-order valence-corrected chi connectivity index (χ4v) is 12.4. The molecule has 2 heterocycles. The van der Waals surface area contributed by atoms with Crippen LogP contribution in [0.15, 0.2) is 23.3 Å². The number of carboxylic acid groups (broad SMARTS) is 1. The molecule has 8 unspecified atom stereocenters. The number of aliphatic carboxylic acids is 1. The van der Waals surface area contributed by atoms with Crippen molar-refractivity contribution in [3.05, 3.63) is 23.3 Å². The van der Waals surface area contributed by atoms with E-state index >= 15 is 0 Å². The first-order valence-corrected chi connectivity index (χ1v) is 20.1. The summed E-state index contributed by atoms with van der Waals surface area (Å²) < 4.78 is 24.1. The fraction of sp³-hybridized carbons (Fsp3) is 0.878. The zero-order chi connectivity index (χ0) is 39.7. The number of hydrogen-bond donors (Lipinski definition) is 8. The van der Waals surface area contributed by atoms with Crippen molar-refractivity contribution < 1.29 is 64.6 Å². The third kappa shape index (κ3) is 6.64. The molecule has 6 aliphatic rings. The third-order valence-corrected chi connectivity index (χ3v) is 15.6. The SMILES string of the molecule is C=C(C)[C@@H](O)CC[C@@H](C)C1CCC2(C(=O)O)C3=C(CC[C@]12C)[C@@]1(C)CC[C@H](O[C@@H]2OC[C@H](O)C(O)C2O[C@@H]2OC(CO)[C@H](O)C(O)C2O)C(C)(C)C1CC3. The summed E-state index contributed by atoms with van der Waals surface area (Å²) in [6.07, 6.45) is -6.64. The topological polar surface area (TPSA) is 216 Å². The third-order valence-electron chi connectivity index (χ3n) is 15.6. The van der Waals surface area contributed by atoms with Crippen LogP contribution in [0.5, 0.6) is 0 Å². The lowest BCUT2D eigenvalue weighted by atomic mass is 9.43. The van der Waals surface area contributed by atoms with E-state index in [2.05, 4.69) is 41.2 Å². The van der Waals surface area contributed by atoms with Gasteiger partial charge in [0, 0.05) is 0 Å². The van der Waals surface area contributed by atoms with Gasteiger partial charge in [-0.1, -0.05) is 57.9 Å². The minimum Gasteiger partial charge on any atom is -0.481 e. The van der Waals surface area contributed by atoms with Crippen LogP contribution in [0.1, 0.15) is 106 Å². The van der Waals surface area contributed by atoms with Gasteiger partial charge in [0.1, 0.15) is 42.7 Å². The summed E-state index contributed by atoms with van der Waals surface area (Å²) in [4.78, 5) is 13.7. The van der Waals surface area contributed by atoms with Crippen LogP contribution in [-0.2, 0) is 23.7 Å². The molecule has 2 saturated heterocycles. The van der Waals surface area contributed by atoms with Crippen molar-refractivity contribution in [2.24, 2.45) is 39.4 Å². The molecule has 2 saturated carbocycles. The Morgan fingerprint density at radius 2 is 1.59 bits per heavy atom. The molecule has 0 radical (unpaired) electrons. The highest BCUT2D eigenvalue weighted by Crippen LogP contribution is 2.73. The summed E-state index contributed by atoms with van der Waals surface area (Å²) in [5, 5.41) is 84.2. The van der Waals surface area contributed by atoms with Crippen LogP contribution in [-0.4, -0.2) is 128 Å². The van der Waals surface area contributed by atoms with Gasteiger partial charge >= 0.3 is 5.97 Å². The van der Waals surface area contributed by atoms with Crippen molar-refractivity contribution in [1.82, 2.24) is 0 Å². The molecular weight excluding hydrogens is 700 g/mol. The van der Waals surface area contributed by atoms with E-state index in [0.717, 1.165) is 49.7 Å². The Morgan fingerprint density at radius 3 is 2.24 bits per heavy atom. The zero-order valence-electron chi connectivity index (χ0n) is 32.9. The lowest BCUT2D eigenvalue weighted by Crippen LogP contribution is -2.64.